The number of nitrogens with one attached hydrogen (secondary N) is 1. The van der Waals surface area contributed by atoms with Crippen molar-refractivity contribution in [1.82, 2.24) is 0 Å². The van der Waals surface area contributed by atoms with Crippen molar-refractivity contribution in [1.29, 1.82) is 0 Å². The quantitative estimate of drug-likeness (QED) is 0.124. The summed E-state index contributed by atoms with van der Waals surface area (Å²) in [7, 11) is 0. The molecule has 1 N–H and O–H groups in total. The third kappa shape index (κ3) is 4.12. The molecule has 5 rings (SSSR count). The van der Waals surface area contributed by atoms with E-state index in [9.17, 15) is 0 Å². The van der Waals surface area contributed by atoms with Crippen LogP contribution in [0.4, 0.5) is 5.69 Å². The average Bonchev–Trinajstić information content (AvgIpc) is 2.77. The summed E-state index contributed by atoms with van der Waals surface area (Å²) in [5.41, 5.74) is 3.55. The van der Waals surface area contributed by atoms with E-state index in [4.69, 9.17) is 69.6 Å². The van der Waals surface area contributed by atoms with Crippen LogP contribution in [0.1, 0.15) is 0 Å². The highest BCUT2D eigenvalue weighted by Gasteiger charge is 2.23. The maximum atomic E-state index is 6.45. The van der Waals surface area contributed by atoms with Gasteiger partial charge in [0.25, 0.3) is 0 Å². The lowest BCUT2D eigenvalue weighted by molar-refractivity contribution is 0.505. The van der Waals surface area contributed by atoms with E-state index in [2.05, 4.69) is 25.7 Å². The van der Waals surface area contributed by atoms with E-state index in [0.717, 1.165) is 27.2 Å². The smallest absolute Gasteiger partial charge is 0.133 e. The molecule has 0 saturated heterocycles. The van der Waals surface area contributed by atoms with Gasteiger partial charge < -0.3 is 0 Å². The van der Waals surface area contributed by atoms with Crippen LogP contribution in [0.25, 0.3) is 32.3 Å². The number of hydrogen-bond donors (Lipinski definition) is 1. The van der Waals surface area contributed by atoms with Gasteiger partial charge in [-0.15, -0.1) is 0 Å². The normalized spacial score (nSPS) is 11.2. The zero-order valence-corrected chi connectivity index (χ0v) is 21.4. The molecule has 5 aromatic rings. The molecule has 0 bridgehead atoms. The number of hydrogen-bond acceptors (Lipinski definition) is 2. The first-order chi connectivity index (χ1) is 14.9. The molecule has 5 aromatic carbocycles. The molecule has 0 aliphatic carbocycles. The second-order valence-corrected chi connectivity index (χ2v) is 9.12. The van der Waals surface area contributed by atoms with Gasteiger partial charge in [-0.25, -0.2) is 0 Å². The molecular formula is C22H10BrCl6NO. The van der Waals surface area contributed by atoms with E-state index in [0.29, 0.717) is 35.9 Å². The summed E-state index contributed by atoms with van der Waals surface area (Å²) in [4.78, 5) is 0. The molecule has 0 aliphatic heterocycles. The van der Waals surface area contributed by atoms with Gasteiger partial charge in [0.15, 0.2) is 0 Å². The van der Waals surface area contributed by atoms with Crippen molar-refractivity contribution < 1.29 is 3.93 Å². The topological polar surface area (TPSA) is 21.3 Å². The zero-order chi connectivity index (χ0) is 22.3. The molecule has 0 unspecified atom stereocenters. The summed E-state index contributed by atoms with van der Waals surface area (Å²) < 4.78 is 4.49. The molecule has 9 heteroatoms. The number of rotatable bonds is 2. The largest absolute Gasteiger partial charge is 0.254 e. The predicted molar refractivity (Wildman–Crippen MR) is 140 cm³/mol. The highest BCUT2D eigenvalue weighted by atomic mass is 79.9. The first kappa shape index (κ1) is 23.3. The van der Waals surface area contributed by atoms with Crippen molar-refractivity contribution in [3.05, 3.63) is 84.7 Å². The summed E-state index contributed by atoms with van der Waals surface area (Å²) in [6.45, 7) is 0. The van der Waals surface area contributed by atoms with Gasteiger partial charge >= 0.3 is 0 Å². The molecule has 2 nitrogen and oxygen atoms in total. The Labute approximate surface area is 216 Å². The molecule has 31 heavy (non-hydrogen) atoms. The van der Waals surface area contributed by atoms with E-state index in [-0.39, 0.29) is 5.02 Å². The SMILES string of the molecule is BrONc1ccccc1.Clc1c(Cl)c2ccc3ccc(Cl)c4c(Cl)c(Cl)c(c1Cl)c2c34. The number of benzene rings is 5. The molecule has 0 spiro atoms. The van der Waals surface area contributed by atoms with Crippen LogP contribution in [0, 0.1) is 0 Å². The Hall–Kier alpha value is -0.880. The van der Waals surface area contributed by atoms with Gasteiger partial charge in [0.05, 0.1) is 35.8 Å². The average molecular weight is 597 g/mol. The van der Waals surface area contributed by atoms with Crippen molar-refractivity contribution in [2.75, 3.05) is 5.48 Å². The summed E-state index contributed by atoms with van der Waals surface area (Å²) in [6.07, 6.45) is 0. The molecule has 0 atom stereocenters. The first-order valence-electron chi connectivity index (χ1n) is 8.72. The summed E-state index contributed by atoms with van der Waals surface area (Å²) in [5, 5.41) is 6.89. The van der Waals surface area contributed by atoms with Crippen molar-refractivity contribution in [2.24, 2.45) is 0 Å². The molecular weight excluding hydrogens is 587 g/mol. The number of anilines is 1. The molecule has 0 heterocycles. The molecule has 0 aliphatic rings. The van der Waals surface area contributed by atoms with Crippen LogP contribution in [0.3, 0.4) is 0 Å². The van der Waals surface area contributed by atoms with E-state index < -0.39 is 0 Å². The molecule has 0 fully saturated rings. The van der Waals surface area contributed by atoms with Crippen LogP contribution < -0.4 is 5.48 Å². The summed E-state index contributed by atoms with van der Waals surface area (Å²) in [6, 6.07) is 17.2. The molecule has 0 radical (unpaired) electrons. The van der Waals surface area contributed by atoms with Crippen LogP contribution in [0.2, 0.25) is 30.1 Å². The van der Waals surface area contributed by atoms with Gasteiger partial charge in [-0.1, -0.05) is 106 Å². The molecule has 158 valence electrons. The van der Waals surface area contributed by atoms with Crippen molar-refractivity contribution in [3.63, 3.8) is 0 Å². The van der Waals surface area contributed by atoms with Gasteiger partial charge in [0, 0.05) is 26.9 Å². The van der Waals surface area contributed by atoms with Crippen molar-refractivity contribution in [2.45, 2.75) is 0 Å². The van der Waals surface area contributed by atoms with E-state index in [1.807, 2.05) is 48.5 Å². The van der Waals surface area contributed by atoms with Gasteiger partial charge in [0.2, 0.25) is 0 Å². The monoisotopic (exact) mass is 593 g/mol. The Kier molecular flexibility index (Phi) is 7.17. The van der Waals surface area contributed by atoms with E-state index >= 15 is 0 Å². The third-order valence-corrected chi connectivity index (χ3v) is 7.46. The number of para-hydroxylation sites is 1. The van der Waals surface area contributed by atoms with Gasteiger partial charge in [0.1, 0.15) is 16.3 Å². The lowest BCUT2D eigenvalue weighted by Crippen LogP contribution is -1.90. The Morgan fingerprint density at radius 1 is 0.581 bits per heavy atom. The lowest BCUT2D eigenvalue weighted by atomic mass is 9.94. The standard InChI is InChI=1S/C16H4Cl6.C6H6BrNO/c17-7-4-2-5-1-3-6-9-8(5)10(7)13(19)14(20)11(9)15(21)16(22)12(6)18;7-9-8-6-4-2-1-3-5-6/h1-4H;1-5,8H. The van der Waals surface area contributed by atoms with Crippen LogP contribution in [0.5, 0.6) is 0 Å². The van der Waals surface area contributed by atoms with Gasteiger partial charge in [-0.3, -0.25) is 5.48 Å². The van der Waals surface area contributed by atoms with Gasteiger partial charge in [-0.05, 0) is 23.6 Å². The summed E-state index contributed by atoms with van der Waals surface area (Å²) >= 11 is 41.0. The molecule has 0 aromatic heterocycles. The fraction of sp³-hybridized carbons (Fsp3) is 0. The van der Waals surface area contributed by atoms with Crippen molar-refractivity contribution in [3.8, 4) is 0 Å². The van der Waals surface area contributed by atoms with Crippen LogP contribution in [-0.4, -0.2) is 0 Å². The van der Waals surface area contributed by atoms with Crippen LogP contribution in [0.15, 0.2) is 54.6 Å². The Morgan fingerprint density at radius 2 is 1.19 bits per heavy atom. The summed E-state index contributed by atoms with van der Waals surface area (Å²) in [5.74, 6) is 0. The maximum Gasteiger partial charge on any atom is 0.133 e. The van der Waals surface area contributed by atoms with Crippen molar-refractivity contribution >= 4 is 124 Å². The third-order valence-electron chi connectivity index (χ3n) is 4.79. The van der Waals surface area contributed by atoms with E-state index in [1.165, 1.54) is 0 Å². The molecule has 0 amide bonds. The highest BCUT2D eigenvalue weighted by molar-refractivity contribution is 9.06. The van der Waals surface area contributed by atoms with Crippen LogP contribution >= 0.6 is 85.9 Å². The Bertz CT molecular complexity index is 1410. The predicted octanol–water partition coefficient (Wildman–Crippen LogP) is 10.8. The fourth-order valence-corrected chi connectivity index (χ4v) is 5.35. The van der Waals surface area contributed by atoms with E-state index in [1.54, 1.807) is 6.07 Å². The maximum absolute atomic E-state index is 6.45. The number of halogens is 7. The Morgan fingerprint density at radius 3 is 1.87 bits per heavy atom. The lowest BCUT2D eigenvalue weighted by Gasteiger charge is -2.17. The minimum Gasteiger partial charge on any atom is -0.254 e. The molecule has 0 saturated carbocycles. The Balaban J connectivity index is 0.000000217. The highest BCUT2D eigenvalue weighted by Crippen LogP contribution is 2.52. The van der Waals surface area contributed by atoms with Crippen LogP contribution in [-0.2, 0) is 3.93 Å². The first-order valence-corrected chi connectivity index (χ1v) is 11.6. The second kappa shape index (κ2) is 9.54. The minimum atomic E-state index is 0.262. The zero-order valence-electron chi connectivity index (χ0n) is 15.3. The minimum absolute atomic E-state index is 0.262. The fourth-order valence-electron chi connectivity index (χ4n) is 3.46. The van der Waals surface area contributed by atoms with Gasteiger partial charge in [-0.2, -0.15) is 3.93 Å². The second-order valence-electron chi connectivity index (χ2n) is 6.50.